The van der Waals surface area contributed by atoms with Gasteiger partial charge in [0, 0.05) is 5.54 Å². The van der Waals surface area contributed by atoms with E-state index in [1.165, 1.54) is 10.5 Å². The number of hydrogen-bond acceptors (Lipinski definition) is 2. The number of ether oxygens (including phenoxy) is 1. The Hall–Kier alpha value is -1.71. The predicted octanol–water partition coefficient (Wildman–Crippen LogP) is 3.16. The summed E-state index contributed by atoms with van der Waals surface area (Å²) in [6.07, 6.45) is 0.843. The summed E-state index contributed by atoms with van der Waals surface area (Å²) in [6, 6.07) is 7.95. The highest BCUT2D eigenvalue weighted by Gasteiger charge is 2.30. The maximum atomic E-state index is 11.3. The number of hydrogen-bond donors (Lipinski definition) is 1. The fourth-order valence-corrected chi connectivity index (χ4v) is 2.35. The fraction of sp³-hybridized carbons (Fsp3) is 0.533. The number of carbonyl (C=O) groups is 1. The van der Waals surface area contributed by atoms with Crippen LogP contribution in [0.25, 0.3) is 0 Å². The molecule has 4 nitrogen and oxygen atoms in total. The molecule has 104 valence electrons. The quantitative estimate of drug-likeness (QED) is 0.891. The molecule has 0 fully saturated rings. The number of carboxylic acid groups (broad SMARTS) is 1. The van der Waals surface area contributed by atoms with Gasteiger partial charge >= 0.3 is 6.09 Å². The maximum absolute atomic E-state index is 11.3. The average molecular weight is 263 g/mol. The summed E-state index contributed by atoms with van der Waals surface area (Å²) in [7, 11) is 0. The third kappa shape index (κ3) is 3.19. The smallest absolute Gasteiger partial charge is 0.407 e. The van der Waals surface area contributed by atoms with Crippen LogP contribution < -0.4 is 4.74 Å². The van der Waals surface area contributed by atoms with Gasteiger partial charge in [0.25, 0.3) is 0 Å². The van der Waals surface area contributed by atoms with E-state index in [1.54, 1.807) is 0 Å². The zero-order valence-corrected chi connectivity index (χ0v) is 11.7. The summed E-state index contributed by atoms with van der Waals surface area (Å²) in [5.74, 6) is 0.887. The van der Waals surface area contributed by atoms with E-state index in [2.05, 4.69) is 6.07 Å². The van der Waals surface area contributed by atoms with Gasteiger partial charge in [0.1, 0.15) is 11.9 Å². The van der Waals surface area contributed by atoms with Crippen molar-refractivity contribution in [1.82, 2.24) is 4.90 Å². The molecule has 4 heteroatoms. The lowest BCUT2D eigenvalue weighted by molar-refractivity contribution is 0.0578. The Balaban J connectivity index is 2.07. The summed E-state index contributed by atoms with van der Waals surface area (Å²) in [5.41, 5.74) is 0.794. The van der Waals surface area contributed by atoms with Crippen molar-refractivity contribution < 1.29 is 14.6 Å². The van der Waals surface area contributed by atoms with Crippen molar-refractivity contribution in [1.29, 1.82) is 0 Å². The third-order valence-electron chi connectivity index (χ3n) is 3.43. The second-order valence-electron chi connectivity index (χ2n) is 5.95. The number of benzene rings is 1. The molecule has 1 aromatic carbocycles. The van der Waals surface area contributed by atoms with Crippen molar-refractivity contribution in [3.63, 3.8) is 0 Å². The van der Waals surface area contributed by atoms with Crippen LogP contribution in [0.3, 0.4) is 0 Å². The Bertz CT molecular complexity index is 465. The molecule has 1 aliphatic rings. The van der Waals surface area contributed by atoms with Crippen LogP contribution in [0, 0.1) is 0 Å². The lowest BCUT2D eigenvalue weighted by atomic mass is 10.00. The molecule has 0 spiro atoms. The third-order valence-corrected chi connectivity index (χ3v) is 3.43. The number of aryl methyl sites for hydroxylation is 1. The van der Waals surface area contributed by atoms with Crippen LogP contribution in [-0.4, -0.2) is 34.3 Å². The highest BCUT2D eigenvalue weighted by atomic mass is 16.5. The Kier molecular flexibility index (Phi) is 3.69. The molecule has 0 radical (unpaired) electrons. The van der Waals surface area contributed by atoms with E-state index in [1.807, 2.05) is 39.0 Å². The maximum Gasteiger partial charge on any atom is 0.407 e. The van der Waals surface area contributed by atoms with Gasteiger partial charge in [0.2, 0.25) is 0 Å². The molecular formula is C15H21NO3. The summed E-state index contributed by atoms with van der Waals surface area (Å²) in [4.78, 5) is 12.8. The van der Waals surface area contributed by atoms with E-state index in [-0.39, 0.29) is 6.10 Å². The van der Waals surface area contributed by atoms with Crippen molar-refractivity contribution in [2.45, 2.75) is 45.3 Å². The lowest BCUT2D eigenvalue weighted by Crippen LogP contribution is -2.50. The normalized spacial score (nSPS) is 18.4. The van der Waals surface area contributed by atoms with Crippen molar-refractivity contribution >= 4 is 6.09 Å². The fourth-order valence-electron chi connectivity index (χ4n) is 2.35. The SMILES string of the molecule is CC(C)(C)N(C[C@H]1CCc2ccccc2O1)C(=O)O. The van der Waals surface area contributed by atoms with Crippen LogP contribution in [-0.2, 0) is 6.42 Å². The van der Waals surface area contributed by atoms with Gasteiger partial charge in [-0.05, 0) is 45.2 Å². The van der Waals surface area contributed by atoms with E-state index in [4.69, 9.17) is 4.74 Å². The molecule has 1 atom stereocenters. The van der Waals surface area contributed by atoms with E-state index in [9.17, 15) is 9.90 Å². The number of fused-ring (bicyclic) bond motifs is 1. The Morgan fingerprint density at radius 3 is 2.74 bits per heavy atom. The molecule has 1 N–H and O–H groups in total. The Morgan fingerprint density at radius 2 is 2.11 bits per heavy atom. The average Bonchev–Trinajstić information content (AvgIpc) is 2.34. The molecule has 1 aliphatic heterocycles. The standard InChI is InChI=1S/C15H21NO3/c1-15(2,3)16(14(17)18)10-12-9-8-11-6-4-5-7-13(11)19-12/h4-7,12H,8-10H2,1-3H3,(H,17,18)/t12-/m1/s1. The van der Waals surface area contributed by atoms with Crippen LogP contribution in [0.2, 0.25) is 0 Å². The highest BCUT2D eigenvalue weighted by Crippen LogP contribution is 2.28. The summed E-state index contributed by atoms with van der Waals surface area (Å²) in [5, 5.41) is 9.31. The minimum atomic E-state index is -0.894. The lowest BCUT2D eigenvalue weighted by Gasteiger charge is -2.37. The number of rotatable bonds is 2. The minimum Gasteiger partial charge on any atom is -0.488 e. The monoisotopic (exact) mass is 263 g/mol. The van der Waals surface area contributed by atoms with E-state index < -0.39 is 11.6 Å². The van der Waals surface area contributed by atoms with Gasteiger partial charge in [-0.1, -0.05) is 18.2 Å². The minimum absolute atomic E-state index is 0.0646. The van der Waals surface area contributed by atoms with Crippen LogP contribution in [0.15, 0.2) is 24.3 Å². The molecule has 0 saturated heterocycles. The summed E-state index contributed by atoms with van der Waals surface area (Å²) in [6.45, 7) is 6.11. The Morgan fingerprint density at radius 1 is 1.42 bits per heavy atom. The second-order valence-corrected chi connectivity index (χ2v) is 5.95. The highest BCUT2D eigenvalue weighted by molar-refractivity contribution is 5.66. The Labute approximate surface area is 114 Å². The second kappa shape index (κ2) is 5.11. The van der Waals surface area contributed by atoms with Gasteiger partial charge in [-0.15, -0.1) is 0 Å². The first kappa shape index (κ1) is 13.7. The van der Waals surface area contributed by atoms with E-state index in [0.717, 1.165) is 18.6 Å². The molecule has 1 aromatic rings. The van der Waals surface area contributed by atoms with Crippen molar-refractivity contribution in [3.8, 4) is 5.75 Å². The van der Waals surface area contributed by atoms with E-state index >= 15 is 0 Å². The number of para-hydroxylation sites is 1. The predicted molar refractivity (Wildman–Crippen MR) is 73.7 cm³/mol. The summed E-state index contributed by atoms with van der Waals surface area (Å²) < 4.78 is 5.90. The van der Waals surface area contributed by atoms with Gasteiger partial charge in [-0.25, -0.2) is 4.79 Å². The largest absolute Gasteiger partial charge is 0.488 e. The number of nitrogens with zero attached hydrogens (tertiary/aromatic N) is 1. The zero-order valence-electron chi connectivity index (χ0n) is 11.7. The molecule has 0 saturated carbocycles. The van der Waals surface area contributed by atoms with Crippen LogP contribution >= 0.6 is 0 Å². The molecule has 2 rings (SSSR count). The van der Waals surface area contributed by atoms with Gasteiger partial charge in [0.05, 0.1) is 6.54 Å². The number of amides is 1. The topological polar surface area (TPSA) is 49.8 Å². The van der Waals surface area contributed by atoms with Gasteiger partial charge in [-0.2, -0.15) is 0 Å². The van der Waals surface area contributed by atoms with Crippen molar-refractivity contribution in [2.24, 2.45) is 0 Å². The van der Waals surface area contributed by atoms with Gasteiger partial charge in [-0.3, -0.25) is 4.90 Å². The van der Waals surface area contributed by atoms with Crippen LogP contribution in [0.1, 0.15) is 32.8 Å². The molecule has 19 heavy (non-hydrogen) atoms. The molecule has 0 unspecified atom stereocenters. The van der Waals surface area contributed by atoms with E-state index in [0.29, 0.717) is 6.54 Å². The van der Waals surface area contributed by atoms with Crippen molar-refractivity contribution in [3.05, 3.63) is 29.8 Å². The molecule has 0 bridgehead atoms. The molecule has 1 heterocycles. The summed E-state index contributed by atoms with van der Waals surface area (Å²) >= 11 is 0. The molecule has 1 amide bonds. The van der Waals surface area contributed by atoms with Gasteiger partial charge in [0.15, 0.2) is 0 Å². The van der Waals surface area contributed by atoms with Crippen molar-refractivity contribution in [2.75, 3.05) is 6.54 Å². The first-order chi connectivity index (χ1) is 8.88. The van der Waals surface area contributed by atoms with Gasteiger partial charge < -0.3 is 9.84 Å². The van der Waals surface area contributed by atoms with Crippen LogP contribution in [0.5, 0.6) is 5.75 Å². The first-order valence-electron chi connectivity index (χ1n) is 6.63. The molecule has 0 aromatic heterocycles. The first-order valence-corrected chi connectivity index (χ1v) is 6.63. The zero-order chi connectivity index (χ0) is 14.0. The van der Waals surface area contributed by atoms with Crippen LogP contribution in [0.4, 0.5) is 4.79 Å². The molecule has 0 aliphatic carbocycles. The molecular weight excluding hydrogens is 242 g/mol.